The van der Waals surface area contributed by atoms with Gasteiger partial charge in [-0.25, -0.2) is 4.79 Å². The van der Waals surface area contributed by atoms with Crippen molar-refractivity contribution in [2.75, 3.05) is 18.2 Å². The first kappa shape index (κ1) is 11.8. The van der Waals surface area contributed by atoms with Crippen LogP contribution in [0.5, 0.6) is 0 Å². The number of amides is 1. The van der Waals surface area contributed by atoms with Crippen LogP contribution in [0.2, 0.25) is 0 Å². The Balaban J connectivity index is 2.55. The fraction of sp³-hybridized carbons (Fsp3) is 0.0909. The second-order valence-electron chi connectivity index (χ2n) is 2.97. The van der Waals surface area contributed by atoms with Crippen molar-refractivity contribution >= 4 is 23.3 Å². The molecule has 1 amide bonds. The van der Waals surface area contributed by atoms with Crippen LogP contribution in [0.15, 0.2) is 36.4 Å². The topological polar surface area (TPSA) is 81.4 Å². The Morgan fingerprint density at radius 2 is 1.88 bits per heavy atom. The van der Waals surface area contributed by atoms with Crippen LogP contribution in [0, 0.1) is 0 Å². The van der Waals surface area contributed by atoms with Crippen molar-refractivity contribution in [2.45, 2.75) is 0 Å². The van der Waals surface area contributed by atoms with Crippen molar-refractivity contribution in [1.29, 1.82) is 0 Å². The third-order valence-corrected chi connectivity index (χ3v) is 1.75. The van der Waals surface area contributed by atoms with Gasteiger partial charge in [0, 0.05) is 23.5 Å². The number of esters is 1. The van der Waals surface area contributed by atoms with Gasteiger partial charge in [-0.15, -0.1) is 0 Å². The molecular formula is C11H12N2O3. The van der Waals surface area contributed by atoms with E-state index in [1.54, 1.807) is 24.3 Å². The largest absolute Gasteiger partial charge is 0.466 e. The van der Waals surface area contributed by atoms with E-state index in [0.717, 1.165) is 12.2 Å². The molecule has 0 aliphatic rings. The number of benzene rings is 1. The summed E-state index contributed by atoms with van der Waals surface area (Å²) in [5.74, 6) is -0.984. The summed E-state index contributed by atoms with van der Waals surface area (Å²) in [6.45, 7) is 0. The summed E-state index contributed by atoms with van der Waals surface area (Å²) >= 11 is 0. The quantitative estimate of drug-likeness (QED) is 0.451. The molecule has 0 aliphatic carbocycles. The van der Waals surface area contributed by atoms with Gasteiger partial charge in [-0.2, -0.15) is 0 Å². The summed E-state index contributed by atoms with van der Waals surface area (Å²) in [7, 11) is 1.24. The molecule has 1 rings (SSSR count). The van der Waals surface area contributed by atoms with Crippen LogP contribution in [0.3, 0.4) is 0 Å². The predicted molar refractivity (Wildman–Crippen MR) is 60.6 cm³/mol. The summed E-state index contributed by atoms with van der Waals surface area (Å²) < 4.78 is 4.34. The van der Waals surface area contributed by atoms with Gasteiger partial charge in [0.05, 0.1) is 7.11 Å². The molecule has 5 heteroatoms. The van der Waals surface area contributed by atoms with Gasteiger partial charge in [0.25, 0.3) is 0 Å². The maximum Gasteiger partial charge on any atom is 0.330 e. The van der Waals surface area contributed by atoms with Gasteiger partial charge >= 0.3 is 5.97 Å². The third kappa shape index (κ3) is 3.83. The second-order valence-corrected chi connectivity index (χ2v) is 2.97. The van der Waals surface area contributed by atoms with Gasteiger partial charge in [0.1, 0.15) is 0 Å². The number of nitrogen functional groups attached to an aromatic ring is 1. The molecule has 0 fully saturated rings. The summed E-state index contributed by atoms with van der Waals surface area (Å²) in [6, 6.07) is 6.66. The fourth-order valence-electron chi connectivity index (χ4n) is 0.962. The first-order valence-electron chi connectivity index (χ1n) is 4.54. The Morgan fingerprint density at radius 3 is 2.44 bits per heavy atom. The van der Waals surface area contributed by atoms with E-state index in [1.165, 1.54) is 7.11 Å². The Kier molecular flexibility index (Phi) is 4.08. The number of carbonyl (C=O) groups excluding carboxylic acids is 2. The average molecular weight is 220 g/mol. The third-order valence-electron chi connectivity index (χ3n) is 1.75. The van der Waals surface area contributed by atoms with E-state index in [9.17, 15) is 9.59 Å². The van der Waals surface area contributed by atoms with Crippen molar-refractivity contribution in [1.82, 2.24) is 0 Å². The van der Waals surface area contributed by atoms with Gasteiger partial charge in [-0.3, -0.25) is 4.79 Å². The summed E-state index contributed by atoms with van der Waals surface area (Å²) in [5.41, 5.74) is 6.71. The monoisotopic (exact) mass is 220 g/mol. The molecule has 0 heterocycles. The number of rotatable bonds is 3. The number of nitrogens with one attached hydrogen (secondary N) is 1. The number of anilines is 2. The number of methoxy groups -OCH3 is 1. The number of hydrogen-bond donors (Lipinski definition) is 2. The van der Waals surface area contributed by atoms with Gasteiger partial charge in [-0.1, -0.05) is 0 Å². The minimum Gasteiger partial charge on any atom is -0.466 e. The number of nitrogens with two attached hydrogens (primary N) is 1. The highest BCUT2D eigenvalue weighted by atomic mass is 16.5. The van der Waals surface area contributed by atoms with Crippen molar-refractivity contribution in [3.05, 3.63) is 36.4 Å². The highest BCUT2D eigenvalue weighted by Crippen LogP contribution is 2.10. The van der Waals surface area contributed by atoms with E-state index in [-0.39, 0.29) is 0 Å². The van der Waals surface area contributed by atoms with Gasteiger partial charge < -0.3 is 15.8 Å². The first-order chi connectivity index (χ1) is 7.61. The summed E-state index contributed by atoms with van der Waals surface area (Å²) in [5, 5.41) is 2.56. The predicted octanol–water partition coefficient (Wildman–Crippen LogP) is 0.936. The minimum absolute atomic E-state index is 0.407. The zero-order valence-corrected chi connectivity index (χ0v) is 8.77. The molecule has 0 aromatic heterocycles. The van der Waals surface area contributed by atoms with Crippen LogP contribution in [0.4, 0.5) is 11.4 Å². The van der Waals surface area contributed by atoms with Crippen molar-refractivity contribution < 1.29 is 14.3 Å². The lowest BCUT2D eigenvalue weighted by atomic mass is 10.3. The van der Waals surface area contributed by atoms with Crippen LogP contribution in [-0.4, -0.2) is 19.0 Å². The van der Waals surface area contributed by atoms with Crippen LogP contribution < -0.4 is 11.1 Å². The van der Waals surface area contributed by atoms with E-state index in [0.29, 0.717) is 11.4 Å². The van der Waals surface area contributed by atoms with Crippen molar-refractivity contribution in [3.63, 3.8) is 0 Å². The summed E-state index contributed by atoms with van der Waals surface area (Å²) in [6.07, 6.45) is 2.15. The molecule has 0 radical (unpaired) electrons. The van der Waals surface area contributed by atoms with Crippen molar-refractivity contribution in [3.8, 4) is 0 Å². The molecule has 0 unspecified atom stereocenters. The smallest absolute Gasteiger partial charge is 0.330 e. The lowest BCUT2D eigenvalue weighted by Crippen LogP contribution is -2.09. The number of hydrogen-bond acceptors (Lipinski definition) is 4. The van der Waals surface area contributed by atoms with Crippen LogP contribution in [-0.2, 0) is 14.3 Å². The minimum atomic E-state index is -0.576. The van der Waals surface area contributed by atoms with Gasteiger partial charge in [0.2, 0.25) is 5.91 Å². The number of carbonyl (C=O) groups is 2. The maximum atomic E-state index is 11.3. The van der Waals surface area contributed by atoms with Crippen LogP contribution in [0.1, 0.15) is 0 Å². The van der Waals surface area contributed by atoms with E-state index in [2.05, 4.69) is 10.1 Å². The van der Waals surface area contributed by atoms with Gasteiger partial charge in [0.15, 0.2) is 0 Å². The summed E-state index contributed by atoms with van der Waals surface area (Å²) in [4.78, 5) is 22.0. The van der Waals surface area contributed by atoms with Gasteiger partial charge in [-0.05, 0) is 24.3 Å². The Hall–Kier alpha value is -2.30. The van der Waals surface area contributed by atoms with E-state index in [4.69, 9.17) is 5.73 Å². The molecule has 1 aromatic carbocycles. The standard InChI is InChI=1S/C11H12N2O3/c1-16-11(15)7-6-10(14)13-9-4-2-8(12)3-5-9/h2-7H,12H2,1H3,(H,13,14). The molecule has 0 spiro atoms. The molecular weight excluding hydrogens is 208 g/mol. The lowest BCUT2D eigenvalue weighted by Gasteiger charge is -2.01. The zero-order chi connectivity index (χ0) is 12.0. The highest BCUT2D eigenvalue weighted by Gasteiger charge is 1.98. The second kappa shape index (κ2) is 5.55. The number of ether oxygens (including phenoxy) is 1. The Morgan fingerprint density at radius 1 is 1.25 bits per heavy atom. The molecule has 0 saturated carbocycles. The SMILES string of the molecule is COC(=O)C=CC(=O)Nc1ccc(N)cc1. The van der Waals surface area contributed by atoms with Crippen LogP contribution >= 0.6 is 0 Å². The normalized spacial score (nSPS) is 10.1. The molecule has 0 saturated heterocycles. The highest BCUT2D eigenvalue weighted by molar-refractivity contribution is 6.02. The molecule has 3 N–H and O–H groups in total. The molecule has 1 aromatic rings. The fourth-order valence-corrected chi connectivity index (χ4v) is 0.962. The Bertz CT molecular complexity index is 410. The zero-order valence-electron chi connectivity index (χ0n) is 8.77. The molecule has 5 nitrogen and oxygen atoms in total. The van der Waals surface area contributed by atoms with E-state index in [1.807, 2.05) is 0 Å². The average Bonchev–Trinajstić information content (AvgIpc) is 2.29. The molecule has 0 aliphatic heterocycles. The Labute approximate surface area is 92.9 Å². The molecule has 0 bridgehead atoms. The van der Waals surface area contributed by atoms with E-state index >= 15 is 0 Å². The lowest BCUT2D eigenvalue weighted by molar-refractivity contribution is -0.135. The first-order valence-corrected chi connectivity index (χ1v) is 4.54. The van der Waals surface area contributed by atoms with Crippen molar-refractivity contribution in [2.24, 2.45) is 0 Å². The molecule has 0 atom stereocenters. The molecule has 16 heavy (non-hydrogen) atoms. The molecule has 84 valence electrons. The van der Waals surface area contributed by atoms with E-state index < -0.39 is 11.9 Å². The van der Waals surface area contributed by atoms with Crippen LogP contribution in [0.25, 0.3) is 0 Å². The maximum absolute atomic E-state index is 11.3.